The molecule has 0 aliphatic carbocycles. The van der Waals surface area contributed by atoms with Crippen molar-refractivity contribution in [3.63, 3.8) is 0 Å². The second-order valence-electron chi connectivity index (χ2n) is 3.61. The summed E-state index contributed by atoms with van der Waals surface area (Å²) < 4.78 is 62.3. The summed E-state index contributed by atoms with van der Waals surface area (Å²) in [4.78, 5) is 11.5. The van der Waals surface area contributed by atoms with Gasteiger partial charge in [-0.15, -0.1) is 0 Å². The lowest BCUT2D eigenvalue weighted by atomic mass is 10.1. The van der Waals surface area contributed by atoms with Gasteiger partial charge in [-0.25, -0.2) is 8.78 Å². The maximum Gasteiger partial charge on any atom is 0.441 e. The number of hydrogen-bond acceptors (Lipinski definition) is 3. The van der Waals surface area contributed by atoms with E-state index in [4.69, 9.17) is 0 Å². The van der Waals surface area contributed by atoms with Crippen molar-refractivity contribution < 1.29 is 26.7 Å². The van der Waals surface area contributed by atoms with Gasteiger partial charge in [0.05, 0.1) is 0 Å². The highest BCUT2D eigenvalue weighted by atomic mass is 32.2. The molecule has 20 heavy (non-hydrogen) atoms. The number of rotatable bonds is 5. The van der Waals surface area contributed by atoms with Gasteiger partial charge in [-0.1, -0.05) is 0 Å². The Balaban J connectivity index is 2.60. The van der Waals surface area contributed by atoms with E-state index in [1.54, 1.807) is 0 Å². The minimum Gasteiger partial charge on any atom is -0.383 e. The lowest BCUT2D eigenvalue weighted by molar-refractivity contribution is -0.0327. The Morgan fingerprint density at radius 2 is 1.80 bits per heavy atom. The molecule has 1 aromatic rings. The van der Waals surface area contributed by atoms with E-state index in [-0.39, 0.29) is 35.3 Å². The molecule has 0 unspecified atom stereocenters. The molecular weight excluding hydrogens is 303 g/mol. The molecular formula is C11H11F5N2OS. The zero-order valence-electron chi connectivity index (χ0n) is 10.3. The highest BCUT2D eigenvalue weighted by molar-refractivity contribution is 8.00. The van der Waals surface area contributed by atoms with Gasteiger partial charge in [0.2, 0.25) is 0 Å². The van der Waals surface area contributed by atoms with Gasteiger partial charge >= 0.3 is 5.51 Å². The van der Waals surface area contributed by atoms with Gasteiger partial charge in [0.15, 0.2) is 0 Å². The van der Waals surface area contributed by atoms with E-state index in [1.165, 1.54) is 7.05 Å². The predicted molar refractivity (Wildman–Crippen MR) is 66.8 cm³/mol. The smallest absolute Gasteiger partial charge is 0.383 e. The number of carbonyl (C=O) groups is 1. The Morgan fingerprint density at radius 3 is 2.25 bits per heavy atom. The van der Waals surface area contributed by atoms with Crippen molar-refractivity contribution in [2.24, 2.45) is 0 Å². The highest BCUT2D eigenvalue weighted by Gasteiger charge is 2.27. The van der Waals surface area contributed by atoms with Crippen LogP contribution in [-0.4, -0.2) is 30.8 Å². The van der Waals surface area contributed by atoms with Crippen LogP contribution in [0.5, 0.6) is 0 Å². The number of carbonyl (C=O) groups excluding carboxylic acids is 1. The average Bonchev–Trinajstić information content (AvgIpc) is 2.32. The summed E-state index contributed by atoms with van der Waals surface area (Å²) in [6.07, 6.45) is 0. The summed E-state index contributed by atoms with van der Waals surface area (Å²) >= 11 is -0.290. The molecule has 0 aromatic heterocycles. The van der Waals surface area contributed by atoms with Crippen LogP contribution in [0.3, 0.4) is 0 Å². The van der Waals surface area contributed by atoms with Crippen LogP contribution >= 0.6 is 11.8 Å². The zero-order chi connectivity index (χ0) is 15.3. The van der Waals surface area contributed by atoms with Gasteiger partial charge in [0, 0.05) is 24.9 Å². The fourth-order valence-corrected chi connectivity index (χ4v) is 1.81. The van der Waals surface area contributed by atoms with Gasteiger partial charge in [-0.2, -0.15) is 13.2 Å². The largest absolute Gasteiger partial charge is 0.441 e. The molecule has 0 saturated carbocycles. The van der Waals surface area contributed by atoms with E-state index in [0.29, 0.717) is 0 Å². The minimum atomic E-state index is -4.38. The van der Waals surface area contributed by atoms with Crippen molar-refractivity contribution in [2.75, 3.05) is 24.7 Å². The molecule has 0 aliphatic heterocycles. The fourth-order valence-electron chi connectivity index (χ4n) is 1.38. The van der Waals surface area contributed by atoms with Crippen LogP contribution in [0.25, 0.3) is 0 Å². The number of halogens is 5. The Bertz CT molecular complexity index is 469. The van der Waals surface area contributed by atoms with Crippen LogP contribution in [0.4, 0.5) is 27.6 Å². The number of alkyl halides is 3. The molecule has 0 saturated heterocycles. The van der Waals surface area contributed by atoms with Crippen molar-refractivity contribution in [1.82, 2.24) is 5.32 Å². The van der Waals surface area contributed by atoms with Crippen molar-refractivity contribution in [1.29, 1.82) is 0 Å². The topological polar surface area (TPSA) is 41.1 Å². The Morgan fingerprint density at radius 1 is 1.25 bits per heavy atom. The Kier molecular flexibility index (Phi) is 5.61. The molecule has 0 atom stereocenters. The molecule has 1 rings (SSSR count). The van der Waals surface area contributed by atoms with Gasteiger partial charge < -0.3 is 10.6 Å². The van der Waals surface area contributed by atoms with E-state index < -0.39 is 23.0 Å². The molecule has 0 aliphatic rings. The van der Waals surface area contributed by atoms with E-state index in [9.17, 15) is 26.7 Å². The summed E-state index contributed by atoms with van der Waals surface area (Å²) in [5, 5.41) is 4.44. The number of benzene rings is 1. The fraction of sp³-hybridized carbons (Fsp3) is 0.364. The maximum absolute atomic E-state index is 13.4. The Labute approximate surface area is 115 Å². The number of nitrogens with one attached hydrogen (secondary N) is 2. The minimum absolute atomic E-state index is 0.264. The number of thioether (sulfide) groups is 1. The first-order valence-corrected chi connectivity index (χ1v) is 6.39. The molecule has 0 fully saturated rings. The summed E-state index contributed by atoms with van der Waals surface area (Å²) in [6.45, 7) is -0.264. The van der Waals surface area contributed by atoms with Crippen molar-refractivity contribution >= 4 is 23.4 Å². The molecule has 2 N–H and O–H groups in total. The van der Waals surface area contributed by atoms with Crippen molar-refractivity contribution in [2.45, 2.75) is 5.51 Å². The SMILES string of the molecule is CNc1c(F)cc(C(=O)NCCSC(F)(F)F)cc1F. The molecule has 112 valence electrons. The maximum atomic E-state index is 13.4. The van der Waals surface area contributed by atoms with E-state index in [0.717, 1.165) is 12.1 Å². The average molecular weight is 314 g/mol. The second-order valence-corrected chi connectivity index (χ2v) is 4.77. The van der Waals surface area contributed by atoms with E-state index >= 15 is 0 Å². The normalized spacial score (nSPS) is 11.3. The van der Waals surface area contributed by atoms with Crippen LogP contribution in [0.15, 0.2) is 12.1 Å². The molecule has 1 amide bonds. The van der Waals surface area contributed by atoms with Gasteiger partial charge in [0.1, 0.15) is 17.3 Å². The molecule has 0 spiro atoms. The summed E-state index contributed by atoms with van der Waals surface area (Å²) in [6, 6.07) is 1.61. The third-order valence-corrected chi connectivity index (χ3v) is 2.94. The van der Waals surface area contributed by atoms with Crippen LogP contribution in [0.1, 0.15) is 10.4 Å². The summed E-state index contributed by atoms with van der Waals surface area (Å²) in [7, 11) is 1.32. The quantitative estimate of drug-likeness (QED) is 0.648. The first-order valence-electron chi connectivity index (χ1n) is 5.40. The lowest BCUT2D eigenvalue weighted by Gasteiger charge is -2.09. The first kappa shape index (κ1) is 16.5. The molecule has 3 nitrogen and oxygen atoms in total. The van der Waals surface area contributed by atoms with Gasteiger partial charge in [-0.05, 0) is 23.9 Å². The van der Waals surface area contributed by atoms with Crippen LogP contribution in [-0.2, 0) is 0 Å². The van der Waals surface area contributed by atoms with E-state index in [2.05, 4.69) is 10.6 Å². The van der Waals surface area contributed by atoms with Crippen molar-refractivity contribution in [3.8, 4) is 0 Å². The zero-order valence-corrected chi connectivity index (χ0v) is 11.1. The molecule has 0 bridgehead atoms. The number of amides is 1. The van der Waals surface area contributed by atoms with Crippen LogP contribution < -0.4 is 10.6 Å². The highest BCUT2D eigenvalue weighted by Crippen LogP contribution is 2.29. The predicted octanol–water partition coefficient (Wildman–Crippen LogP) is 2.99. The molecule has 0 heterocycles. The molecule has 9 heteroatoms. The second kappa shape index (κ2) is 6.78. The third-order valence-electron chi connectivity index (χ3n) is 2.21. The van der Waals surface area contributed by atoms with Crippen LogP contribution in [0, 0.1) is 11.6 Å². The van der Waals surface area contributed by atoms with Gasteiger partial charge in [-0.3, -0.25) is 4.79 Å². The number of anilines is 1. The Hall–Kier alpha value is -1.51. The lowest BCUT2D eigenvalue weighted by Crippen LogP contribution is -2.26. The third kappa shape index (κ3) is 4.87. The molecule has 1 aromatic carbocycles. The number of hydrogen-bond donors (Lipinski definition) is 2. The standard InChI is InChI=1S/C11H11F5N2OS/c1-17-9-7(12)4-6(5-8(9)13)10(19)18-2-3-20-11(14,15)16/h4-5,17H,2-3H2,1H3,(H,18,19). The summed E-state index contributed by atoms with van der Waals surface area (Å²) in [5.74, 6) is -3.13. The first-order chi connectivity index (χ1) is 9.24. The van der Waals surface area contributed by atoms with Crippen molar-refractivity contribution in [3.05, 3.63) is 29.3 Å². The molecule has 0 radical (unpaired) electrons. The monoisotopic (exact) mass is 314 g/mol. The van der Waals surface area contributed by atoms with Gasteiger partial charge in [0.25, 0.3) is 5.91 Å². The van der Waals surface area contributed by atoms with E-state index in [1.807, 2.05) is 0 Å². The van der Waals surface area contributed by atoms with Crippen LogP contribution in [0.2, 0.25) is 0 Å². The summed E-state index contributed by atoms with van der Waals surface area (Å²) in [5.41, 5.74) is -5.05.